The molecule has 100 valence electrons. The Morgan fingerprint density at radius 3 is 2.72 bits per heavy atom. The van der Waals surface area contributed by atoms with Crippen LogP contribution in [0.3, 0.4) is 0 Å². The summed E-state index contributed by atoms with van der Waals surface area (Å²) in [5, 5.41) is 2.96. The van der Waals surface area contributed by atoms with Crippen LogP contribution in [0.2, 0.25) is 0 Å². The number of nitrogens with one attached hydrogen (secondary N) is 1. The molecule has 1 fully saturated rings. The van der Waals surface area contributed by atoms with Crippen LogP contribution in [0, 0.1) is 5.82 Å². The summed E-state index contributed by atoms with van der Waals surface area (Å²) in [6, 6.07) is 2.47. The van der Waals surface area contributed by atoms with E-state index >= 15 is 0 Å². The van der Waals surface area contributed by atoms with Gasteiger partial charge >= 0.3 is 6.36 Å². The van der Waals surface area contributed by atoms with Crippen molar-refractivity contribution in [1.29, 1.82) is 0 Å². The molecule has 0 amide bonds. The van der Waals surface area contributed by atoms with Crippen LogP contribution in [0.15, 0.2) is 18.2 Å². The van der Waals surface area contributed by atoms with E-state index < -0.39 is 24.0 Å². The first-order chi connectivity index (χ1) is 8.46. The third-order valence-corrected chi connectivity index (χ3v) is 2.50. The van der Waals surface area contributed by atoms with Crippen molar-refractivity contribution in [3.05, 3.63) is 29.6 Å². The average Bonchev–Trinajstić information content (AvgIpc) is 2.31. The van der Waals surface area contributed by atoms with Gasteiger partial charge in [0.2, 0.25) is 0 Å². The minimum Gasteiger partial charge on any atom is -0.406 e. The molecular formula is C11H11F4NO2. The van der Waals surface area contributed by atoms with Gasteiger partial charge in [0.15, 0.2) is 0 Å². The van der Waals surface area contributed by atoms with Crippen LogP contribution in [0.1, 0.15) is 11.6 Å². The predicted octanol–water partition coefficient (Wildman–Crippen LogP) is 2.39. The smallest absolute Gasteiger partial charge is 0.406 e. The molecule has 0 aromatic heterocycles. The lowest BCUT2D eigenvalue weighted by molar-refractivity contribution is -0.274. The molecule has 0 spiro atoms. The van der Waals surface area contributed by atoms with E-state index in [4.69, 9.17) is 4.74 Å². The summed E-state index contributed by atoms with van der Waals surface area (Å²) in [7, 11) is 0. The number of hydrogen-bond acceptors (Lipinski definition) is 3. The van der Waals surface area contributed by atoms with Gasteiger partial charge in [-0.25, -0.2) is 4.39 Å². The van der Waals surface area contributed by atoms with Gasteiger partial charge in [-0.2, -0.15) is 0 Å². The number of benzene rings is 1. The van der Waals surface area contributed by atoms with Crippen molar-refractivity contribution in [2.75, 3.05) is 19.8 Å². The first-order valence-corrected chi connectivity index (χ1v) is 5.32. The third kappa shape index (κ3) is 3.33. The predicted molar refractivity (Wildman–Crippen MR) is 54.6 cm³/mol. The Bertz CT molecular complexity index is 416. The van der Waals surface area contributed by atoms with E-state index in [1.165, 1.54) is 0 Å². The molecule has 1 aromatic rings. The van der Waals surface area contributed by atoms with Gasteiger partial charge in [0, 0.05) is 12.1 Å². The highest BCUT2D eigenvalue weighted by Gasteiger charge is 2.31. The van der Waals surface area contributed by atoms with Crippen molar-refractivity contribution in [2.24, 2.45) is 0 Å². The standard InChI is InChI=1S/C11H11F4NO2/c12-9-2-1-7(18-11(13,14)15)5-8(9)10-6-17-4-3-16-10/h1-2,5,10,16H,3-4,6H2/t10-/m1/s1. The van der Waals surface area contributed by atoms with Crippen molar-refractivity contribution in [3.63, 3.8) is 0 Å². The summed E-state index contributed by atoms with van der Waals surface area (Å²) in [6.07, 6.45) is -4.79. The van der Waals surface area contributed by atoms with Gasteiger partial charge in [0.1, 0.15) is 11.6 Å². The summed E-state index contributed by atoms with van der Waals surface area (Å²) >= 11 is 0. The molecule has 0 aliphatic carbocycles. The van der Waals surface area contributed by atoms with Crippen LogP contribution in [0.25, 0.3) is 0 Å². The Balaban J connectivity index is 2.20. The topological polar surface area (TPSA) is 30.5 Å². The lowest BCUT2D eigenvalue weighted by Crippen LogP contribution is -2.35. The molecular weight excluding hydrogens is 254 g/mol. The molecule has 7 heteroatoms. The Labute approximate surface area is 101 Å². The fourth-order valence-corrected chi connectivity index (χ4v) is 1.75. The highest BCUT2D eigenvalue weighted by Crippen LogP contribution is 2.28. The molecule has 1 N–H and O–H groups in total. The molecule has 1 heterocycles. The van der Waals surface area contributed by atoms with E-state index in [0.29, 0.717) is 13.2 Å². The average molecular weight is 265 g/mol. The van der Waals surface area contributed by atoms with Crippen LogP contribution in [0.4, 0.5) is 17.6 Å². The lowest BCUT2D eigenvalue weighted by atomic mass is 10.1. The monoisotopic (exact) mass is 265 g/mol. The number of halogens is 4. The zero-order valence-electron chi connectivity index (χ0n) is 9.26. The van der Waals surface area contributed by atoms with Crippen LogP contribution >= 0.6 is 0 Å². The summed E-state index contributed by atoms with van der Waals surface area (Å²) in [5.74, 6) is -1.03. The fourth-order valence-electron chi connectivity index (χ4n) is 1.75. The van der Waals surface area contributed by atoms with Gasteiger partial charge < -0.3 is 14.8 Å². The lowest BCUT2D eigenvalue weighted by Gasteiger charge is -2.24. The maximum Gasteiger partial charge on any atom is 0.573 e. The van der Waals surface area contributed by atoms with E-state index in [1.54, 1.807) is 0 Å². The van der Waals surface area contributed by atoms with Gasteiger partial charge in [0.05, 0.1) is 19.3 Å². The minimum atomic E-state index is -4.79. The van der Waals surface area contributed by atoms with Crippen molar-refractivity contribution in [3.8, 4) is 5.75 Å². The molecule has 3 nitrogen and oxygen atoms in total. The molecule has 1 aliphatic rings. The molecule has 18 heavy (non-hydrogen) atoms. The van der Waals surface area contributed by atoms with Crippen molar-refractivity contribution >= 4 is 0 Å². The molecule has 1 atom stereocenters. The SMILES string of the molecule is Fc1ccc(OC(F)(F)F)cc1[C@H]1COCCN1. The second kappa shape index (κ2) is 5.11. The third-order valence-electron chi connectivity index (χ3n) is 2.50. The van der Waals surface area contributed by atoms with Crippen LogP contribution < -0.4 is 10.1 Å². The van der Waals surface area contributed by atoms with Gasteiger partial charge in [-0.3, -0.25) is 0 Å². The minimum absolute atomic E-state index is 0.108. The number of rotatable bonds is 2. The Morgan fingerprint density at radius 2 is 2.11 bits per heavy atom. The van der Waals surface area contributed by atoms with E-state index in [-0.39, 0.29) is 12.2 Å². The van der Waals surface area contributed by atoms with Gasteiger partial charge in [-0.1, -0.05) is 0 Å². The number of ether oxygens (including phenoxy) is 2. The molecule has 0 saturated carbocycles. The van der Waals surface area contributed by atoms with Gasteiger partial charge in [0.25, 0.3) is 0 Å². The van der Waals surface area contributed by atoms with Gasteiger partial charge in [-0.05, 0) is 18.2 Å². The normalized spacial score (nSPS) is 20.8. The number of alkyl halides is 3. The molecule has 1 aliphatic heterocycles. The van der Waals surface area contributed by atoms with E-state index in [9.17, 15) is 17.6 Å². The molecule has 2 rings (SSSR count). The largest absolute Gasteiger partial charge is 0.573 e. The van der Waals surface area contributed by atoms with E-state index in [0.717, 1.165) is 18.2 Å². The first kappa shape index (κ1) is 13.1. The van der Waals surface area contributed by atoms with Gasteiger partial charge in [-0.15, -0.1) is 13.2 Å². The molecule has 0 unspecified atom stereocenters. The maximum atomic E-state index is 13.6. The van der Waals surface area contributed by atoms with Crippen LogP contribution in [-0.2, 0) is 4.74 Å². The summed E-state index contributed by atoms with van der Waals surface area (Å²) in [4.78, 5) is 0. The Morgan fingerprint density at radius 1 is 1.33 bits per heavy atom. The first-order valence-electron chi connectivity index (χ1n) is 5.32. The summed E-state index contributed by atoms with van der Waals surface area (Å²) in [5.41, 5.74) is 0.108. The number of morpholine rings is 1. The molecule has 1 saturated heterocycles. The van der Waals surface area contributed by atoms with E-state index in [1.807, 2.05) is 0 Å². The van der Waals surface area contributed by atoms with Crippen LogP contribution in [0.5, 0.6) is 5.75 Å². The molecule has 1 aromatic carbocycles. The molecule has 0 bridgehead atoms. The second-order valence-electron chi connectivity index (χ2n) is 3.81. The van der Waals surface area contributed by atoms with E-state index in [2.05, 4.69) is 10.1 Å². The molecule has 0 radical (unpaired) electrons. The quantitative estimate of drug-likeness (QED) is 0.833. The zero-order chi connectivity index (χ0) is 13.2. The second-order valence-corrected chi connectivity index (χ2v) is 3.81. The summed E-state index contributed by atoms with van der Waals surface area (Å²) in [6.45, 7) is 1.23. The number of hydrogen-bond donors (Lipinski definition) is 1. The van der Waals surface area contributed by atoms with Crippen LogP contribution in [-0.4, -0.2) is 26.1 Å². The highest BCUT2D eigenvalue weighted by atomic mass is 19.4. The fraction of sp³-hybridized carbons (Fsp3) is 0.455. The van der Waals surface area contributed by atoms with Crippen molar-refractivity contribution in [2.45, 2.75) is 12.4 Å². The highest BCUT2D eigenvalue weighted by molar-refractivity contribution is 5.32. The van der Waals surface area contributed by atoms with Crippen molar-refractivity contribution in [1.82, 2.24) is 5.32 Å². The Hall–Kier alpha value is -1.34. The Kier molecular flexibility index (Phi) is 3.72. The maximum absolute atomic E-state index is 13.6. The summed E-state index contributed by atoms with van der Waals surface area (Å²) < 4.78 is 58.6. The zero-order valence-corrected chi connectivity index (χ0v) is 9.26. The van der Waals surface area contributed by atoms with Crippen molar-refractivity contribution < 1.29 is 27.0 Å².